The quantitative estimate of drug-likeness (QED) is 0.571. The van der Waals surface area contributed by atoms with Crippen LogP contribution in [0.3, 0.4) is 0 Å². The van der Waals surface area contributed by atoms with Crippen molar-refractivity contribution in [2.75, 3.05) is 6.54 Å². The normalized spacial score (nSPS) is 12.0. The van der Waals surface area contributed by atoms with E-state index in [-0.39, 0.29) is 23.4 Å². The van der Waals surface area contributed by atoms with Gasteiger partial charge in [-0.2, -0.15) is 4.72 Å². The first-order valence-corrected chi connectivity index (χ1v) is 9.49. The Bertz CT molecular complexity index is 966. The van der Waals surface area contributed by atoms with Crippen LogP contribution in [-0.2, 0) is 21.2 Å². The summed E-state index contributed by atoms with van der Waals surface area (Å²) in [6.07, 6.45) is 5.28. The van der Waals surface area contributed by atoms with Crippen LogP contribution >= 0.6 is 0 Å². The number of carbonyl (C=O) groups is 2. The van der Waals surface area contributed by atoms with Crippen LogP contribution in [-0.4, -0.2) is 32.8 Å². The van der Waals surface area contributed by atoms with Crippen LogP contribution in [0.2, 0.25) is 0 Å². The van der Waals surface area contributed by atoms with Crippen LogP contribution in [0.4, 0.5) is 0 Å². The van der Waals surface area contributed by atoms with E-state index in [9.17, 15) is 18.0 Å². The van der Waals surface area contributed by atoms with Gasteiger partial charge in [0.1, 0.15) is 6.04 Å². The van der Waals surface area contributed by atoms with Crippen molar-refractivity contribution in [2.24, 2.45) is 5.73 Å². The molecule has 2 rings (SSSR count). The summed E-state index contributed by atoms with van der Waals surface area (Å²) in [7, 11) is -3.84. The molecule has 0 spiro atoms. The summed E-state index contributed by atoms with van der Waals surface area (Å²) in [6.45, 7) is -0.167. The van der Waals surface area contributed by atoms with Crippen LogP contribution in [0, 0.1) is 12.3 Å². The van der Waals surface area contributed by atoms with Crippen LogP contribution < -0.4 is 15.8 Å². The Balaban J connectivity index is 2.18. The van der Waals surface area contributed by atoms with Gasteiger partial charge in [0.2, 0.25) is 15.9 Å². The second-order valence-corrected chi connectivity index (χ2v) is 7.44. The summed E-state index contributed by atoms with van der Waals surface area (Å²) in [5.41, 5.74) is 6.30. The zero-order valence-electron chi connectivity index (χ0n) is 14.4. The van der Waals surface area contributed by atoms with Gasteiger partial charge in [0.25, 0.3) is 5.91 Å². The molecule has 2 aromatic carbocycles. The van der Waals surface area contributed by atoms with Crippen molar-refractivity contribution in [2.45, 2.75) is 17.4 Å². The first-order valence-electron chi connectivity index (χ1n) is 8.01. The SMILES string of the molecule is C#CCNS(=O)(=O)c1cccc(C(=O)NC(Cc2ccccc2)C(N)=O)c1. The predicted octanol–water partition coefficient (Wildman–Crippen LogP) is 0.424. The third-order valence-corrected chi connectivity index (χ3v) is 5.10. The average Bonchev–Trinajstić information content (AvgIpc) is 2.66. The number of benzene rings is 2. The van der Waals surface area contributed by atoms with E-state index in [1.54, 1.807) is 0 Å². The smallest absolute Gasteiger partial charge is 0.251 e. The fourth-order valence-corrected chi connectivity index (χ4v) is 3.32. The minimum atomic E-state index is -3.84. The number of sulfonamides is 1. The van der Waals surface area contributed by atoms with Gasteiger partial charge >= 0.3 is 0 Å². The number of amides is 2. The van der Waals surface area contributed by atoms with Gasteiger partial charge in [-0.3, -0.25) is 9.59 Å². The molecule has 0 aliphatic heterocycles. The van der Waals surface area contributed by atoms with Crippen molar-refractivity contribution < 1.29 is 18.0 Å². The third kappa shape index (κ3) is 5.67. The second kappa shape index (κ2) is 8.98. The summed E-state index contributed by atoms with van der Waals surface area (Å²) in [5, 5.41) is 2.54. The van der Waals surface area contributed by atoms with Crippen LogP contribution in [0.15, 0.2) is 59.5 Å². The summed E-state index contributed by atoms with van der Waals surface area (Å²) < 4.78 is 26.5. The molecule has 140 valence electrons. The molecule has 1 atom stereocenters. The molecule has 2 amide bonds. The fraction of sp³-hybridized carbons (Fsp3) is 0.158. The molecule has 2 aromatic rings. The Morgan fingerprint density at radius 3 is 2.44 bits per heavy atom. The van der Waals surface area contributed by atoms with Crippen molar-refractivity contribution in [3.05, 3.63) is 65.7 Å². The molecule has 0 saturated carbocycles. The molecule has 0 bridgehead atoms. The highest BCUT2D eigenvalue weighted by Gasteiger charge is 2.21. The first kappa shape index (κ1) is 20.2. The van der Waals surface area contributed by atoms with E-state index in [2.05, 4.69) is 16.0 Å². The van der Waals surface area contributed by atoms with Gasteiger partial charge in [0.15, 0.2) is 0 Å². The predicted molar refractivity (Wildman–Crippen MR) is 101 cm³/mol. The highest BCUT2D eigenvalue weighted by atomic mass is 32.2. The lowest BCUT2D eigenvalue weighted by atomic mass is 10.0. The van der Waals surface area contributed by atoms with Crippen molar-refractivity contribution in [1.82, 2.24) is 10.0 Å². The number of rotatable bonds is 8. The van der Waals surface area contributed by atoms with Crippen molar-refractivity contribution in [1.29, 1.82) is 0 Å². The summed E-state index contributed by atoms with van der Waals surface area (Å²) in [4.78, 5) is 24.1. The maximum absolute atomic E-state index is 12.5. The van der Waals surface area contributed by atoms with E-state index in [0.717, 1.165) is 5.56 Å². The van der Waals surface area contributed by atoms with E-state index in [1.165, 1.54) is 24.3 Å². The Morgan fingerprint density at radius 1 is 1.11 bits per heavy atom. The van der Waals surface area contributed by atoms with E-state index >= 15 is 0 Å². The molecule has 0 aliphatic carbocycles. The van der Waals surface area contributed by atoms with E-state index < -0.39 is 27.9 Å². The number of hydrogen-bond donors (Lipinski definition) is 3. The number of primary amides is 1. The molecular weight excluding hydrogens is 366 g/mol. The van der Waals surface area contributed by atoms with Crippen LogP contribution in [0.1, 0.15) is 15.9 Å². The molecule has 27 heavy (non-hydrogen) atoms. The molecular formula is C19H19N3O4S. The van der Waals surface area contributed by atoms with Gasteiger partial charge in [-0.15, -0.1) is 6.42 Å². The molecule has 0 aromatic heterocycles. The second-order valence-electron chi connectivity index (χ2n) is 5.67. The first-order chi connectivity index (χ1) is 12.8. The molecule has 8 heteroatoms. The van der Waals surface area contributed by atoms with Gasteiger partial charge in [-0.25, -0.2) is 8.42 Å². The highest BCUT2D eigenvalue weighted by molar-refractivity contribution is 7.89. The van der Waals surface area contributed by atoms with E-state index in [1.807, 2.05) is 30.3 Å². The fourth-order valence-electron chi connectivity index (χ4n) is 2.34. The summed E-state index contributed by atoms with van der Waals surface area (Å²) in [6, 6.07) is 13.6. The van der Waals surface area contributed by atoms with Gasteiger partial charge < -0.3 is 11.1 Å². The third-order valence-electron chi connectivity index (χ3n) is 3.70. The van der Waals surface area contributed by atoms with Crippen molar-refractivity contribution >= 4 is 21.8 Å². The zero-order valence-corrected chi connectivity index (χ0v) is 15.2. The standard InChI is InChI=1S/C19H19N3O4S/c1-2-11-21-27(25,26)16-10-6-9-15(13-16)19(24)22-17(18(20)23)12-14-7-4-3-5-8-14/h1,3-10,13,17,21H,11-12H2,(H2,20,23)(H,22,24). The minimum Gasteiger partial charge on any atom is -0.368 e. The number of terminal acetylenes is 1. The van der Waals surface area contributed by atoms with Gasteiger partial charge in [0, 0.05) is 12.0 Å². The topological polar surface area (TPSA) is 118 Å². The van der Waals surface area contributed by atoms with Crippen molar-refractivity contribution in [3.8, 4) is 12.3 Å². The number of nitrogens with two attached hydrogens (primary N) is 1. The molecule has 4 N–H and O–H groups in total. The van der Waals surface area contributed by atoms with Crippen molar-refractivity contribution in [3.63, 3.8) is 0 Å². The Labute approximate surface area is 158 Å². The molecule has 0 saturated heterocycles. The maximum Gasteiger partial charge on any atom is 0.251 e. The molecule has 1 unspecified atom stereocenters. The average molecular weight is 385 g/mol. The molecule has 0 fully saturated rings. The Kier molecular flexibility index (Phi) is 6.71. The molecule has 0 heterocycles. The van der Waals surface area contributed by atoms with E-state index in [0.29, 0.717) is 0 Å². The number of nitrogens with one attached hydrogen (secondary N) is 2. The van der Waals surface area contributed by atoms with E-state index in [4.69, 9.17) is 12.2 Å². The van der Waals surface area contributed by atoms with Gasteiger partial charge in [-0.1, -0.05) is 42.3 Å². The monoisotopic (exact) mass is 385 g/mol. The van der Waals surface area contributed by atoms with Gasteiger partial charge in [-0.05, 0) is 23.8 Å². The largest absolute Gasteiger partial charge is 0.368 e. The summed E-state index contributed by atoms with van der Waals surface area (Å²) in [5.74, 6) is 0.876. The summed E-state index contributed by atoms with van der Waals surface area (Å²) >= 11 is 0. The van der Waals surface area contributed by atoms with Crippen LogP contribution in [0.25, 0.3) is 0 Å². The Hall–Kier alpha value is -3.15. The maximum atomic E-state index is 12.5. The lowest BCUT2D eigenvalue weighted by molar-refractivity contribution is -0.119. The van der Waals surface area contributed by atoms with Gasteiger partial charge in [0.05, 0.1) is 11.4 Å². The number of hydrogen-bond acceptors (Lipinski definition) is 4. The lowest BCUT2D eigenvalue weighted by Crippen LogP contribution is -2.45. The molecule has 0 radical (unpaired) electrons. The lowest BCUT2D eigenvalue weighted by Gasteiger charge is -2.16. The van der Waals surface area contributed by atoms with Crippen LogP contribution in [0.5, 0.6) is 0 Å². The Morgan fingerprint density at radius 2 is 1.81 bits per heavy atom. The highest BCUT2D eigenvalue weighted by Crippen LogP contribution is 2.12. The number of carbonyl (C=O) groups excluding carboxylic acids is 2. The molecule has 7 nitrogen and oxygen atoms in total. The minimum absolute atomic E-state index is 0.0814. The zero-order chi connectivity index (χ0) is 19.9. The molecule has 0 aliphatic rings.